The maximum Gasteiger partial charge on any atom is 0.250 e. The summed E-state index contributed by atoms with van der Waals surface area (Å²) in [6.07, 6.45) is 5.57. The number of amides is 2. The molecule has 0 unspecified atom stereocenters. The zero-order valence-corrected chi connectivity index (χ0v) is 18.5. The lowest BCUT2D eigenvalue weighted by Gasteiger charge is -2.25. The van der Waals surface area contributed by atoms with Crippen molar-refractivity contribution in [3.8, 4) is 0 Å². The fraction of sp³-hybridized carbons (Fsp3) is 0.360. The second-order valence-corrected chi connectivity index (χ2v) is 8.73. The topological polar surface area (TPSA) is 110 Å². The lowest BCUT2D eigenvalue weighted by atomic mass is 9.82. The van der Waals surface area contributed by atoms with E-state index in [1.165, 1.54) is 6.33 Å². The molecule has 4 N–H and O–H groups in total. The normalized spacial score (nSPS) is 19.3. The summed E-state index contributed by atoms with van der Waals surface area (Å²) in [5.74, 6) is 1.01. The molecule has 0 aliphatic heterocycles. The Balaban J connectivity index is 1.50. The first-order chi connectivity index (χ1) is 15.4. The van der Waals surface area contributed by atoms with Crippen LogP contribution < -0.4 is 16.4 Å². The van der Waals surface area contributed by atoms with Crippen molar-refractivity contribution in [2.24, 2.45) is 17.6 Å². The van der Waals surface area contributed by atoms with E-state index in [9.17, 15) is 9.59 Å². The zero-order valence-electron chi connectivity index (χ0n) is 18.5. The molecule has 0 radical (unpaired) electrons. The van der Waals surface area contributed by atoms with E-state index in [1.807, 2.05) is 37.3 Å². The largest absolute Gasteiger partial charge is 0.366 e. The highest BCUT2D eigenvalue weighted by Gasteiger charge is 2.24. The number of anilines is 2. The van der Waals surface area contributed by atoms with Gasteiger partial charge in [-0.2, -0.15) is 0 Å². The van der Waals surface area contributed by atoms with E-state index in [-0.39, 0.29) is 17.9 Å². The Morgan fingerprint density at radius 2 is 1.81 bits per heavy atom. The van der Waals surface area contributed by atoms with Gasteiger partial charge in [-0.1, -0.05) is 25.1 Å². The summed E-state index contributed by atoms with van der Waals surface area (Å²) >= 11 is 0. The number of fused-ring (bicyclic) bond motifs is 1. The molecule has 7 nitrogen and oxygen atoms in total. The number of nitrogens with one attached hydrogen (secondary N) is 2. The van der Waals surface area contributed by atoms with Crippen LogP contribution in [0.25, 0.3) is 10.9 Å². The highest BCUT2D eigenvalue weighted by atomic mass is 16.2. The number of rotatable bonds is 6. The van der Waals surface area contributed by atoms with E-state index in [4.69, 9.17) is 5.73 Å². The van der Waals surface area contributed by atoms with Crippen molar-refractivity contribution in [1.82, 2.24) is 9.97 Å². The highest BCUT2D eigenvalue weighted by Crippen LogP contribution is 2.30. The molecule has 0 bridgehead atoms. The minimum absolute atomic E-state index is 0.0854. The maximum absolute atomic E-state index is 12.7. The number of primary amides is 1. The van der Waals surface area contributed by atoms with Crippen molar-refractivity contribution < 1.29 is 9.59 Å². The molecule has 2 aromatic carbocycles. The average molecular weight is 432 g/mol. The Bertz CT molecular complexity index is 1140. The summed E-state index contributed by atoms with van der Waals surface area (Å²) < 4.78 is 0. The molecular formula is C25H29N5O2. The molecule has 3 aromatic rings. The summed E-state index contributed by atoms with van der Waals surface area (Å²) in [6.45, 7) is 4.27. The van der Waals surface area contributed by atoms with Gasteiger partial charge in [-0.15, -0.1) is 0 Å². The van der Waals surface area contributed by atoms with E-state index in [0.29, 0.717) is 22.8 Å². The molecule has 1 aliphatic carbocycles. The van der Waals surface area contributed by atoms with Gasteiger partial charge in [0.2, 0.25) is 5.91 Å². The van der Waals surface area contributed by atoms with Crippen LogP contribution in [0.15, 0.2) is 48.8 Å². The molecule has 32 heavy (non-hydrogen) atoms. The number of aromatic nitrogens is 2. The predicted molar refractivity (Wildman–Crippen MR) is 126 cm³/mol. The molecule has 1 heterocycles. The van der Waals surface area contributed by atoms with Crippen LogP contribution in [0.2, 0.25) is 0 Å². The van der Waals surface area contributed by atoms with Gasteiger partial charge in [0.05, 0.1) is 17.1 Å². The first-order valence-corrected chi connectivity index (χ1v) is 11.1. The first kappa shape index (κ1) is 21.7. The third kappa shape index (κ3) is 4.72. The molecule has 2 amide bonds. The molecule has 1 aromatic heterocycles. The first-order valence-electron chi connectivity index (χ1n) is 11.1. The van der Waals surface area contributed by atoms with Crippen LogP contribution in [-0.4, -0.2) is 21.8 Å². The number of carbonyl (C=O) groups is 2. The smallest absolute Gasteiger partial charge is 0.250 e. The highest BCUT2D eigenvalue weighted by molar-refractivity contribution is 6.06. The molecule has 1 atom stereocenters. The molecular weight excluding hydrogens is 402 g/mol. The standard InChI is InChI=1S/C25H29N5O2/c1-15-9-11-17(12-10-15)25(32)30-19-6-3-5-18(13-19)16(2)29-24-21-8-4-7-20(23(26)31)22(21)27-14-28-24/h3-8,13-17H,9-12H2,1-2H3,(H2,26,31)(H,30,32)(H,27,28,29)/t15?,16-,17?/m1/s1. The summed E-state index contributed by atoms with van der Waals surface area (Å²) in [7, 11) is 0. The van der Waals surface area contributed by atoms with Crippen LogP contribution in [0, 0.1) is 11.8 Å². The quantitative estimate of drug-likeness (QED) is 0.525. The van der Waals surface area contributed by atoms with Gasteiger partial charge in [-0.3, -0.25) is 9.59 Å². The monoisotopic (exact) mass is 431 g/mol. The minimum Gasteiger partial charge on any atom is -0.366 e. The number of benzene rings is 2. The van der Waals surface area contributed by atoms with Crippen molar-refractivity contribution in [2.45, 2.75) is 45.6 Å². The van der Waals surface area contributed by atoms with Crippen LogP contribution in [0.4, 0.5) is 11.5 Å². The van der Waals surface area contributed by atoms with Gasteiger partial charge < -0.3 is 16.4 Å². The molecule has 1 saturated carbocycles. The Hall–Kier alpha value is -3.48. The predicted octanol–water partition coefficient (Wildman–Crippen LogP) is 4.67. The Kier molecular flexibility index (Phi) is 6.35. The fourth-order valence-electron chi connectivity index (χ4n) is 4.34. The SMILES string of the molecule is CC1CCC(C(=O)Nc2cccc([C@@H](C)Nc3ncnc4c(C(N)=O)cccc34)c2)CC1. The second kappa shape index (κ2) is 9.34. The van der Waals surface area contributed by atoms with E-state index in [0.717, 1.165) is 42.3 Å². The molecule has 0 saturated heterocycles. The molecule has 166 valence electrons. The maximum atomic E-state index is 12.7. The lowest BCUT2D eigenvalue weighted by molar-refractivity contribution is -0.121. The van der Waals surface area contributed by atoms with Gasteiger partial charge >= 0.3 is 0 Å². The minimum atomic E-state index is -0.524. The van der Waals surface area contributed by atoms with E-state index in [1.54, 1.807) is 12.1 Å². The summed E-state index contributed by atoms with van der Waals surface area (Å²) in [5, 5.41) is 7.22. The average Bonchev–Trinajstić information content (AvgIpc) is 2.79. The third-order valence-electron chi connectivity index (χ3n) is 6.32. The Labute approximate surface area is 187 Å². The lowest BCUT2D eigenvalue weighted by Crippen LogP contribution is -2.26. The van der Waals surface area contributed by atoms with Crippen LogP contribution in [0.3, 0.4) is 0 Å². The van der Waals surface area contributed by atoms with Crippen LogP contribution in [0.5, 0.6) is 0 Å². The van der Waals surface area contributed by atoms with Gasteiger partial charge in [0.25, 0.3) is 5.91 Å². The van der Waals surface area contributed by atoms with Crippen LogP contribution in [-0.2, 0) is 4.79 Å². The van der Waals surface area contributed by atoms with Crippen molar-refractivity contribution in [3.63, 3.8) is 0 Å². The van der Waals surface area contributed by atoms with E-state index in [2.05, 4.69) is 27.5 Å². The van der Waals surface area contributed by atoms with Gasteiger partial charge in [-0.05, 0) is 68.4 Å². The zero-order chi connectivity index (χ0) is 22.7. The number of hydrogen-bond acceptors (Lipinski definition) is 5. The molecule has 4 rings (SSSR count). The Morgan fingerprint density at radius 1 is 1.06 bits per heavy atom. The third-order valence-corrected chi connectivity index (χ3v) is 6.32. The summed E-state index contributed by atoms with van der Waals surface area (Å²) in [6, 6.07) is 13.0. The number of para-hydroxylation sites is 1. The van der Waals surface area contributed by atoms with Gasteiger partial charge in [0, 0.05) is 17.0 Å². The molecule has 7 heteroatoms. The Morgan fingerprint density at radius 3 is 2.56 bits per heavy atom. The van der Waals surface area contributed by atoms with Crippen LogP contribution in [0.1, 0.15) is 61.5 Å². The number of nitrogens with two attached hydrogens (primary N) is 1. The fourth-order valence-corrected chi connectivity index (χ4v) is 4.34. The van der Waals surface area contributed by atoms with Gasteiger partial charge in [-0.25, -0.2) is 9.97 Å². The van der Waals surface area contributed by atoms with E-state index < -0.39 is 5.91 Å². The van der Waals surface area contributed by atoms with Crippen molar-refractivity contribution in [1.29, 1.82) is 0 Å². The molecule has 1 aliphatic rings. The van der Waals surface area contributed by atoms with Gasteiger partial charge in [0.1, 0.15) is 12.1 Å². The van der Waals surface area contributed by atoms with Crippen molar-refractivity contribution in [3.05, 3.63) is 59.9 Å². The van der Waals surface area contributed by atoms with Crippen LogP contribution >= 0.6 is 0 Å². The molecule has 0 spiro atoms. The second-order valence-electron chi connectivity index (χ2n) is 8.73. The van der Waals surface area contributed by atoms with Gasteiger partial charge in [0.15, 0.2) is 0 Å². The summed E-state index contributed by atoms with van der Waals surface area (Å²) in [4.78, 5) is 33.0. The summed E-state index contributed by atoms with van der Waals surface area (Å²) in [5.41, 5.74) is 8.18. The van der Waals surface area contributed by atoms with Crippen molar-refractivity contribution in [2.75, 3.05) is 10.6 Å². The number of nitrogens with zero attached hydrogens (tertiary/aromatic N) is 2. The number of carbonyl (C=O) groups excluding carboxylic acids is 2. The number of hydrogen-bond donors (Lipinski definition) is 3. The molecule has 1 fully saturated rings. The van der Waals surface area contributed by atoms with Crippen molar-refractivity contribution >= 4 is 34.2 Å². The van der Waals surface area contributed by atoms with E-state index >= 15 is 0 Å².